The highest BCUT2D eigenvalue weighted by Crippen LogP contribution is 2.26. The van der Waals surface area contributed by atoms with Crippen molar-refractivity contribution in [2.45, 2.75) is 26.3 Å². The Morgan fingerprint density at radius 1 is 1.33 bits per heavy atom. The highest BCUT2D eigenvalue weighted by atomic mass is 79.9. The molecule has 0 saturated carbocycles. The van der Waals surface area contributed by atoms with Gasteiger partial charge in [-0.15, -0.1) is 0 Å². The summed E-state index contributed by atoms with van der Waals surface area (Å²) in [4.78, 5) is 11.6. The van der Waals surface area contributed by atoms with Crippen molar-refractivity contribution in [3.05, 3.63) is 28.2 Å². The minimum Gasteiger partial charge on any atom is -0.322 e. The smallest absolute Gasteiger partial charge is 0.238 e. The molecular formula is C12H15BrF2N2O. The zero-order valence-electron chi connectivity index (χ0n) is 10.4. The monoisotopic (exact) mass is 320 g/mol. The van der Waals surface area contributed by atoms with Crippen LogP contribution in [0.15, 0.2) is 16.6 Å². The average Bonchev–Trinajstić information content (AvgIpc) is 2.19. The zero-order chi connectivity index (χ0) is 13.9. The van der Waals surface area contributed by atoms with E-state index in [4.69, 9.17) is 0 Å². The van der Waals surface area contributed by atoms with Crippen LogP contribution in [-0.4, -0.2) is 18.0 Å². The molecule has 0 spiro atoms. The van der Waals surface area contributed by atoms with E-state index >= 15 is 0 Å². The summed E-state index contributed by atoms with van der Waals surface area (Å²) < 4.78 is 26.5. The Labute approximate surface area is 113 Å². The third-order valence-corrected chi connectivity index (χ3v) is 2.68. The first kappa shape index (κ1) is 15.0. The molecule has 0 aliphatic heterocycles. The molecule has 100 valence electrons. The first-order chi connectivity index (χ1) is 8.19. The SMILES string of the molecule is CC(C)(C)NCC(=O)Nc1c(F)cc(F)cc1Br. The maximum Gasteiger partial charge on any atom is 0.238 e. The van der Waals surface area contributed by atoms with E-state index in [1.807, 2.05) is 20.8 Å². The van der Waals surface area contributed by atoms with Gasteiger partial charge >= 0.3 is 0 Å². The van der Waals surface area contributed by atoms with Crippen LogP contribution in [0.3, 0.4) is 0 Å². The van der Waals surface area contributed by atoms with E-state index in [0.717, 1.165) is 12.1 Å². The third kappa shape index (κ3) is 4.70. The number of benzene rings is 1. The summed E-state index contributed by atoms with van der Waals surface area (Å²) >= 11 is 3.00. The van der Waals surface area contributed by atoms with Gasteiger partial charge in [0.15, 0.2) is 5.82 Å². The number of hydrogen-bond donors (Lipinski definition) is 2. The van der Waals surface area contributed by atoms with Gasteiger partial charge in [0, 0.05) is 16.1 Å². The molecule has 0 aliphatic rings. The number of carbonyl (C=O) groups excluding carboxylic acids is 1. The fourth-order valence-corrected chi connectivity index (χ4v) is 1.70. The van der Waals surface area contributed by atoms with Crippen molar-refractivity contribution in [1.29, 1.82) is 0 Å². The molecule has 0 fully saturated rings. The van der Waals surface area contributed by atoms with Crippen LogP contribution in [0.1, 0.15) is 20.8 Å². The number of hydrogen-bond acceptors (Lipinski definition) is 2. The van der Waals surface area contributed by atoms with Crippen molar-refractivity contribution in [2.24, 2.45) is 0 Å². The van der Waals surface area contributed by atoms with E-state index in [1.165, 1.54) is 0 Å². The van der Waals surface area contributed by atoms with Crippen molar-refractivity contribution in [1.82, 2.24) is 5.32 Å². The molecule has 6 heteroatoms. The maximum absolute atomic E-state index is 13.4. The number of nitrogens with one attached hydrogen (secondary N) is 2. The summed E-state index contributed by atoms with van der Waals surface area (Å²) in [6.07, 6.45) is 0. The second kappa shape index (κ2) is 5.75. The summed E-state index contributed by atoms with van der Waals surface area (Å²) in [6.45, 7) is 5.78. The molecule has 1 aromatic rings. The molecule has 1 rings (SSSR count). The van der Waals surface area contributed by atoms with Gasteiger partial charge in [-0.05, 0) is 42.8 Å². The lowest BCUT2D eigenvalue weighted by Gasteiger charge is -2.20. The van der Waals surface area contributed by atoms with E-state index in [-0.39, 0.29) is 22.2 Å². The minimum atomic E-state index is -0.814. The molecule has 0 unspecified atom stereocenters. The van der Waals surface area contributed by atoms with Crippen LogP contribution in [0.5, 0.6) is 0 Å². The molecular weight excluding hydrogens is 306 g/mol. The van der Waals surface area contributed by atoms with E-state index in [1.54, 1.807) is 0 Å². The van der Waals surface area contributed by atoms with Crippen molar-refractivity contribution < 1.29 is 13.6 Å². The first-order valence-corrected chi connectivity index (χ1v) is 6.18. The minimum absolute atomic E-state index is 0.0484. The van der Waals surface area contributed by atoms with Gasteiger partial charge in [0.05, 0.1) is 12.2 Å². The number of rotatable bonds is 3. The molecule has 1 aromatic carbocycles. The van der Waals surface area contributed by atoms with Crippen LogP contribution in [0.4, 0.5) is 14.5 Å². The Kier molecular flexibility index (Phi) is 4.81. The number of halogens is 3. The van der Waals surface area contributed by atoms with Crippen molar-refractivity contribution >= 4 is 27.5 Å². The van der Waals surface area contributed by atoms with Crippen LogP contribution >= 0.6 is 15.9 Å². The van der Waals surface area contributed by atoms with Crippen LogP contribution in [0.2, 0.25) is 0 Å². The summed E-state index contributed by atoms with van der Waals surface area (Å²) in [7, 11) is 0. The predicted octanol–water partition coefficient (Wildman–Crippen LogP) is 3.05. The van der Waals surface area contributed by atoms with Gasteiger partial charge in [0.25, 0.3) is 0 Å². The zero-order valence-corrected chi connectivity index (χ0v) is 12.0. The molecule has 0 heterocycles. The highest BCUT2D eigenvalue weighted by Gasteiger charge is 2.15. The Hall–Kier alpha value is -1.01. The normalized spacial score (nSPS) is 11.4. The fraction of sp³-hybridized carbons (Fsp3) is 0.417. The highest BCUT2D eigenvalue weighted by molar-refractivity contribution is 9.10. The van der Waals surface area contributed by atoms with Crippen molar-refractivity contribution in [3.8, 4) is 0 Å². The van der Waals surface area contributed by atoms with E-state index in [0.29, 0.717) is 0 Å². The Morgan fingerprint density at radius 2 is 1.94 bits per heavy atom. The van der Waals surface area contributed by atoms with Gasteiger partial charge in [-0.25, -0.2) is 8.78 Å². The molecule has 0 saturated heterocycles. The summed E-state index contributed by atoms with van der Waals surface area (Å²) in [6, 6.07) is 1.81. The number of anilines is 1. The number of carbonyl (C=O) groups is 1. The van der Waals surface area contributed by atoms with Crippen molar-refractivity contribution in [2.75, 3.05) is 11.9 Å². The van der Waals surface area contributed by atoms with Crippen LogP contribution < -0.4 is 10.6 Å². The van der Waals surface area contributed by atoms with Crippen LogP contribution in [-0.2, 0) is 4.79 Å². The topological polar surface area (TPSA) is 41.1 Å². The Morgan fingerprint density at radius 3 is 2.44 bits per heavy atom. The largest absolute Gasteiger partial charge is 0.322 e. The summed E-state index contributed by atoms with van der Waals surface area (Å²) in [5, 5.41) is 5.36. The summed E-state index contributed by atoms with van der Waals surface area (Å²) in [5.74, 6) is -1.91. The molecule has 18 heavy (non-hydrogen) atoms. The third-order valence-electron chi connectivity index (χ3n) is 2.05. The van der Waals surface area contributed by atoms with Gasteiger partial charge in [-0.1, -0.05) is 0 Å². The standard InChI is InChI=1S/C12H15BrF2N2O/c1-12(2,3)16-6-10(18)17-11-8(13)4-7(14)5-9(11)15/h4-5,16H,6H2,1-3H3,(H,17,18). The maximum atomic E-state index is 13.4. The van der Waals surface area contributed by atoms with Crippen LogP contribution in [0, 0.1) is 11.6 Å². The van der Waals surface area contributed by atoms with Gasteiger partial charge in [0.1, 0.15) is 5.82 Å². The predicted molar refractivity (Wildman–Crippen MR) is 70.4 cm³/mol. The lowest BCUT2D eigenvalue weighted by Crippen LogP contribution is -2.41. The molecule has 0 atom stereocenters. The fourth-order valence-electron chi connectivity index (χ4n) is 1.19. The molecule has 2 N–H and O–H groups in total. The van der Waals surface area contributed by atoms with Gasteiger partial charge in [-0.2, -0.15) is 0 Å². The van der Waals surface area contributed by atoms with Crippen LogP contribution in [0.25, 0.3) is 0 Å². The molecule has 3 nitrogen and oxygen atoms in total. The second-order valence-corrected chi connectivity index (χ2v) is 5.75. The second-order valence-electron chi connectivity index (χ2n) is 4.90. The molecule has 1 amide bonds. The lowest BCUT2D eigenvalue weighted by atomic mass is 10.1. The molecule has 0 aromatic heterocycles. The Balaban J connectivity index is 2.71. The number of amides is 1. The molecule has 0 radical (unpaired) electrons. The van der Waals surface area contributed by atoms with Gasteiger partial charge in [0.2, 0.25) is 5.91 Å². The van der Waals surface area contributed by atoms with E-state index in [2.05, 4.69) is 26.6 Å². The summed E-state index contributed by atoms with van der Waals surface area (Å²) in [5.41, 5.74) is -0.271. The lowest BCUT2D eigenvalue weighted by molar-refractivity contribution is -0.115. The van der Waals surface area contributed by atoms with Gasteiger partial charge < -0.3 is 10.6 Å². The molecule has 0 aliphatic carbocycles. The van der Waals surface area contributed by atoms with E-state index in [9.17, 15) is 13.6 Å². The Bertz CT molecular complexity index is 435. The molecule has 0 bridgehead atoms. The average molecular weight is 321 g/mol. The van der Waals surface area contributed by atoms with Crippen molar-refractivity contribution in [3.63, 3.8) is 0 Å². The first-order valence-electron chi connectivity index (χ1n) is 5.38. The van der Waals surface area contributed by atoms with Gasteiger partial charge in [-0.3, -0.25) is 4.79 Å². The van der Waals surface area contributed by atoms with E-state index < -0.39 is 17.5 Å². The quantitative estimate of drug-likeness (QED) is 0.898.